The number of hydrogen-bond donors (Lipinski definition) is 0. The van der Waals surface area contributed by atoms with Gasteiger partial charge in [-0.2, -0.15) is 0 Å². The van der Waals surface area contributed by atoms with E-state index < -0.39 is 0 Å². The maximum absolute atomic E-state index is 13.4. The Labute approximate surface area is 187 Å². The van der Waals surface area contributed by atoms with Crippen molar-refractivity contribution in [1.29, 1.82) is 0 Å². The van der Waals surface area contributed by atoms with E-state index in [2.05, 4.69) is 15.9 Å². The number of likely N-dealkylation sites (N-methyl/N-ethyl adjacent to an activating group) is 1. The molecule has 8 heteroatoms. The molecule has 1 heterocycles. The van der Waals surface area contributed by atoms with Crippen molar-refractivity contribution < 1.29 is 18.7 Å². The van der Waals surface area contributed by atoms with Crippen LogP contribution >= 0.6 is 39.9 Å². The van der Waals surface area contributed by atoms with Crippen molar-refractivity contribution in [3.63, 3.8) is 0 Å². The second-order valence-electron chi connectivity index (χ2n) is 6.11. The largest absolute Gasteiger partial charge is 0.490 e. The molecule has 0 radical (unpaired) electrons. The summed E-state index contributed by atoms with van der Waals surface area (Å²) in [7, 11) is 0. The van der Waals surface area contributed by atoms with Crippen LogP contribution in [0.15, 0.2) is 45.8 Å². The summed E-state index contributed by atoms with van der Waals surface area (Å²) in [5.74, 6) is 0.655. The van der Waals surface area contributed by atoms with Crippen molar-refractivity contribution in [2.75, 3.05) is 13.2 Å². The van der Waals surface area contributed by atoms with Gasteiger partial charge in [-0.25, -0.2) is 4.39 Å². The molecule has 0 N–H and O–H groups in total. The lowest BCUT2D eigenvalue weighted by Crippen LogP contribution is -2.27. The second kappa shape index (κ2) is 9.73. The monoisotopic (exact) mass is 495 g/mol. The number of amides is 1. The smallest absolute Gasteiger partial charge is 0.266 e. The molecule has 0 unspecified atom stereocenters. The summed E-state index contributed by atoms with van der Waals surface area (Å²) in [6.45, 7) is 4.96. The van der Waals surface area contributed by atoms with Gasteiger partial charge >= 0.3 is 0 Å². The maximum atomic E-state index is 13.4. The van der Waals surface area contributed by atoms with E-state index in [1.807, 2.05) is 26.0 Å². The number of benzene rings is 2. The Bertz CT molecular complexity index is 980. The molecule has 152 valence electrons. The third-order valence-corrected chi connectivity index (χ3v) is 6.06. The summed E-state index contributed by atoms with van der Waals surface area (Å²) in [5, 5.41) is 0. The molecular weight excluding hydrogens is 477 g/mol. The predicted octanol–water partition coefficient (Wildman–Crippen LogP) is 5.79. The van der Waals surface area contributed by atoms with Gasteiger partial charge in [0.25, 0.3) is 5.91 Å². The zero-order valence-corrected chi connectivity index (χ0v) is 19.1. The number of thioether (sulfide) groups is 1. The van der Waals surface area contributed by atoms with Gasteiger partial charge in [0.1, 0.15) is 16.7 Å². The Morgan fingerprint density at radius 2 is 2.03 bits per heavy atom. The zero-order chi connectivity index (χ0) is 21.0. The van der Waals surface area contributed by atoms with Gasteiger partial charge < -0.3 is 9.47 Å². The first kappa shape index (κ1) is 21.8. The van der Waals surface area contributed by atoms with E-state index >= 15 is 0 Å². The van der Waals surface area contributed by atoms with E-state index in [4.69, 9.17) is 21.7 Å². The van der Waals surface area contributed by atoms with Crippen LogP contribution in [0.2, 0.25) is 0 Å². The van der Waals surface area contributed by atoms with E-state index in [0.717, 1.165) is 5.56 Å². The Hall–Kier alpha value is -1.90. The summed E-state index contributed by atoms with van der Waals surface area (Å²) in [5.41, 5.74) is 1.50. The topological polar surface area (TPSA) is 38.8 Å². The van der Waals surface area contributed by atoms with Crippen LogP contribution in [0.1, 0.15) is 25.0 Å². The van der Waals surface area contributed by atoms with Crippen LogP contribution in [0.4, 0.5) is 4.39 Å². The molecule has 4 nitrogen and oxygen atoms in total. The summed E-state index contributed by atoms with van der Waals surface area (Å²) in [6, 6.07) is 9.92. The van der Waals surface area contributed by atoms with Crippen LogP contribution < -0.4 is 9.47 Å². The average Bonchev–Trinajstić information content (AvgIpc) is 2.94. The Kier molecular flexibility index (Phi) is 7.32. The molecule has 1 aliphatic heterocycles. The van der Waals surface area contributed by atoms with Gasteiger partial charge in [-0.15, -0.1) is 0 Å². The standard InChI is InChI=1S/C21H19BrFNO3S2/c1-3-24-20(25)18(29-21(24)28)11-14-9-16(22)19(17(10-14)26-4-2)27-12-13-6-5-7-15(23)8-13/h5-11H,3-4,12H2,1-2H3/b18-11-. The van der Waals surface area contributed by atoms with Gasteiger partial charge in [0.2, 0.25) is 0 Å². The molecule has 0 spiro atoms. The van der Waals surface area contributed by atoms with Gasteiger partial charge in [0, 0.05) is 6.54 Å². The fourth-order valence-electron chi connectivity index (χ4n) is 2.78. The van der Waals surface area contributed by atoms with Crippen LogP contribution in [-0.2, 0) is 11.4 Å². The number of nitrogens with zero attached hydrogens (tertiary/aromatic N) is 1. The minimum atomic E-state index is -0.310. The molecule has 2 aromatic carbocycles. The van der Waals surface area contributed by atoms with E-state index in [0.29, 0.717) is 43.9 Å². The first-order chi connectivity index (χ1) is 13.9. The third-order valence-electron chi connectivity index (χ3n) is 4.09. The highest BCUT2D eigenvalue weighted by Gasteiger charge is 2.30. The van der Waals surface area contributed by atoms with Crippen LogP contribution in [0.5, 0.6) is 11.5 Å². The normalized spacial score (nSPS) is 15.3. The minimum Gasteiger partial charge on any atom is -0.490 e. The molecule has 0 saturated carbocycles. The lowest BCUT2D eigenvalue weighted by Gasteiger charge is -2.15. The summed E-state index contributed by atoms with van der Waals surface area (Å²) < 4.78 is 26.3. The van der Waals surface area contributed by atoms with Crippen molar-refractivity contribution >= 4 is 56.2 Å². The number of halogens is 2. The maximum Gasteiger partial charge on any atom is 0.266 e. The number of carbonyl (C=O) groups is 1. The van der Waals surface area contributed by atoms with Gasteiger partial charge in [0.05, 0.1) is 16.0 Å². The molecule has 1 fully saturated rings. The number of carbonyl (C=O) groups excluding carboxylic acids is 1. The molecule has 0 bridgehead atoms. The minimum absolute atomic E-state index is 0.0944. The molecule has 1 saturated heterocycles. The van der Waals surface area contributed by atoms with Crippen molar-refractivity contribution in [2.24, 2.45) is 0 Å². The van der Waals surface area contributed by atoms with E-state index in [1.54, 1.807) is 23.1 Å². The number of hydrogen-bond acceptors (Lipinski definition) is 5. The first-order valence-corrected chi connectivity index (χ1v) is 11.0. The highest BCUT2D eigenvalue weighted by molar-refractivity contribution is 9.10. The Morgan fingerprint density at radius 1 is 1.24 bits per heavy atom. The van der Waals surface area contributed by atoms with Crippen LogP contribution in [0.3, 0.4) is 0 Å². The molecule has 29 heavy (non-hydrogen) atoms. The van der Waals surface area contributed by atoms with Crippen molar-refractivity contribution in [3.8, 4) is 11.5 Å². The molecule has 3 rings (SSSR count). The van der Waals surface area contributed by atoms with Gasteiger partial charge in [-0.05, 0) is 71.2 Å². The van der Waals surface area contributed by atoms with Gasteiger partial charge in [0.15, 0.2) is 11.5 Å². The van der Waals surface area contributed by atoms with Crippen molar-refractivity contribution in [2.45, 2.75) is 20.5 Å². The fourth-order valence-corrected chi connectivity index (χ4v) is 4.74. The van der Waals surface area contributed by atoms with Crippen LogP contribution in [0.25, 0.3) is 6.08 Å². The van der Waals surface area contributed by atoms with Gasteiger partial charge in [-0.3, -0.25) is 9.69 Å². The lowest BCUT2D eigenvalue weighted by molar-refractivity contribution is -0.121. The SMILES string of the molecule is CCOc1cc(/C=C2\SC(=S)N(CC)C2=O)cc(Br)c1OCc1cccc(F)c1. The zero-order valence-electron chi connectivity index (χ0n) is 15.9. The molecule has 0 atom stereocenters. The van der Waals surface area contributed by atoms with Crippen molar-refractivity contribution in [1.82, 2.24) is 4.90 Å². The number of rotatable bonds is 7. The third kappa shape index (κ3) is 5.18. The lowest BCUT2D eigenvalue weighted by atomic mass is 10.1. The Morgan fingerprint density at radius 3 is 2.69 bits per heavy atom. The molecule has 0 aliphatic carbocycles. The fraction of sp³-hybridized carbons (Fsp3) is 0.238. The highest BCUT2D eigenvalue weighted by atomic mass is 79.9. The number of thiocarbonyl (C=S) groups is 1. The average molecular weight is 496 g/mol. The summed E-state index contributed by atoms with van der Waals surface area (Å²) in [6.07, 6.45) is 1.79. The molecule has 1 amide bonds. The number of ether oxygens (including phenoxy) is 2. The van der Waals surface area contributed by atoms with Crippen LogP contribution in [-0.4, -0.2) is 28.3 Å². The van der Waals surface area contributed by atoms with Crippen LogP contribution in [0, 0.1) is 5.82 Å². The van der Waals surface area contributed by atoms with Gasteiger partial charge in [-0.1, -0.05) is 36.1 Å². The molecule has 0 aromatic heterocycles. The summed E-state index contributed by atoms with van der Waals surface area (Å²) >= 11 is 10.1. The second-order valence-corrected chi connectivity index (χ2v) is 8.64. The molecule has 1 aliphatic rings. The van der Waals surface area contributed by atoms with Crippen molar-refractivity contribution in [3.05, 3.63) is 62.7 Å². The quantitative estimate of drug-likeness (QED) is 0.359. The first-order valence-electron chi connectivity index (χ1n) is 9.01. The molecule has 2 aromatic rings. The molecular formula is C21H19BrFNO3S2. The van der Waals surface area contributed by atoms with E-state index in [1.165, 1.54) is 23.9 Å². The van der Waals surface area contributed by atoms with E-state index in [-0.39, 0.29) is 18.3 Å². The summed E-state index contributed by atoms with van der Waals surface area (Å²) in [4.78, 5) is 14.6. The highest BCUT2D eigenvalue weighted by Crippen LogP contribution is 2.39. The Balaban J connectivity index is 1.87. The van der Waals surface area contributed by atoms with E-state index in [9.17, 15) is 9.18 Å². The predicted molar refractivity (Wildman–Crippen MR) is 122 cm³/mol.